The van der Waals surface area contributed by atoms with Gasteiger partial charge in [0, 0.05) is 24.1 Å². The molecule has 2 unspecified atom stereocenters. The van der Waals surface area contributed by atoms with E-state index >= 15 is 0 Å². The van der Waals surface area contributed by atoms with Crippen molar-refractivity contribution in [3.8, 4) is 5.75 Å². The van der Waals surface area contributed by atoms with E-state index in [0.717, 1.165) is 30.6 Å². The molecular weight excluding hydrogens is 266 g/mol. The molecule has 0 bridgehead atoms. The van der Waals surface area contributed by atoms with Crippen LogP contribution in [-0.4, -0.2) is 41.2 Å². The molecule has 1 saturated carbocycles. The fourth-order valence-electron chi connectivity index (χ4n) is 3.16. The van der Waals surface area contributed by atoms with Crippen LogP contribution in [0.3, 0.4) is 0 Å². The normalized spacial score (nSPS) is 24.1. The molecule has 4 heteroatoms. The molecule has 1 N–H and O–H groups in total. The lowest BCUT2D eigenvalue weighted by Crippen LogP contribution is -2.45. The summed E-state index contributed by atoms with van der Waals surface area (Å²) in [6.45, 7) is 4.57. The van der Waals surface area contributed by atoms with Crippen molar-refractivity contribution in [1.82, 2.24) is 4.90 Å². The van der Waals surface area contributed by atoms with Gasteiger partial charge in [-0.3, -0.25) is 4.79 Å². The highest BCUT2D eigenvalue weighted by Gasteiger charge is 2.35. The highest BCUT2D eigenvalue weighted by Crippen LogP contribution is 2.41. The number of benzene rings is 1. The third-order valence-corrected chi connectivity index (χ3v) is 4.89. The fraction of sp³-hybridized carbons (Fsp3) is 0.588. The molecule has 1 aliphatic heterocycles. The van der Waals surface area contributed by atoms with Crippen LogP contribution in [0.2, 0.25) is 0 Å². The largest absolute Gasteiger partial charge is 0.489 e. The number of fused-ring (bicyclic) bond motifs is 1. The van der Waals surface area contributed by atoms with Gasteiger partial charge in [0.05, 0.1) is 12.2 Å². The Labute approximate surface area is 125 Å². The first-order valence-corrected chi connectivity index (χ1v) is 7.85. The van der Waals surface area contributed by atoms with E-state index in [9.17, 15) is 9.90 Å². The van der Waals surface area contributed by atoms with Crippen molar-refractivity contribution >= 4 is 5.91 Å². The number of ether oxygens (including phenoxy) is 1. The van der Waals surface area contributed by atoms with Gasteiger partial charge < -0.3 is 14.7 Å². The first-order chi connectivity index (χ1) is 10.1. The number of rotatable bonds is 4. The molecule has 2 aliphatic rings. The van der Waals surface area contributed by atoms with Crippen LogP contribution in [0.25, 0.3) is 0 Å². The van der Waals surface area contributed by atoms with Gasteiger partial charge in [0.1, 0.15) is 11.9 Å². The number of aliphatic hydroxyl groups is 1. The van der Waals surface area contributed by atoms with Gasteiger partial charge in [-0.2, -0.15) is 0 Å². The molecule has 3 rings (SSSR count). The molecule has 2 atom stereocenters. The zero-order valence-corrected chi connectivity index (χ0v) is 12.7. The van der Waals surface area contributed by atoms with Crippen LogP contribution in [0.1, 0.15) is 54.9 Å². The number of amides is 1. The van der Waals surface area contributed by atoms with Gasteiger partial charge in [0.25, 0.3) is 5.91 Å². The minimum absolute atomic E-state index is 0.00489. The topological polar surface area (TPSA) is 49.8 Å². The summed E-state index contributed by atoms with van der Waals surface area (Å²) in [4.78, 5) is 14.7. The van der Waals surface area contributed by atoms with Gasteiger partial charge in [-0.25, -0.2) is 0 Å². The summed E-state index contributed by atoms with van der Waals surface area (Å²) in [5, 5.41) is 9.25. The van der Waals surface area contributed by atoms with E-state index in [0.29, 0.717) is 18.0 Å². The molecule has 0 spiro atoms. The molecule has 1 fully saturated rings. The Morgan fingerprint density at radius 1 is 1.38 bits per heavy atom. The summed E-state index contributed by atoms with van der Waals surface area (Å²) >= 11 is 0. The van der Waals surface area contributed by atoms with Gasteiger partial charge in [0.15, 0.2) is 0 Å². The molecule has 114 valence electrons. The maximum Gasteiger partial charge on any atom is 0.257 e. The van der Waals surface area contributed by atoms with Gasteiger partial charge in [0.2, 0.25) is 0 Å². The van der Waals surface area contributed by atoms with Gasteiger partial charge in [-0.15, -0.1) is 0 Å². The van der Waals surface area contributed by atoms with Crippen LogP contribution in [0.5, 0.6) is 5.75 Å². The van der Waals surface area contributed by atoms with Crippen molar-refractivity contribution in [1.29, 1.82) is 0 Å². The van der Waals surface area contributed by atoms with Crippen LogP contribution >= 0.6 is 0 Å². The second-order valence-electron chi connectivity index (χ2n) is 6.14. The predicted molar refractivity (Wildman–Crippen MR) is 80.7 cm³/mol. The second kappa shape index (κ2) is 5.68. The molecule has 1 heterocycles. The molecule has 4 nitrogen and oxygen atoms in total. The number of carbonyl (C=O) groups excluding carboxylic acids is 1. The maximum atomic E-state index is 12.9. The Kier molecular flexibility index (Phi) is 3.89. The van der Waals surface area contributed by atoms with Crippen LogP contribution in [-0.2, 0) is 0 Å². The third-order valence-electron chi connectivity index (χ3n) is 4.89. The number of aliphatic hydroxyl groups excluding tert-OH is 1. The summed E-state index contributed by atoms with van der Waals surface area (Å²) < 4.78 is 5.92. The summed E-state index contributed by atoms with van der Waals surface area (Å²) in [5.41, 5.74) is 1.76. The molecule has 1 aliphatic carbocycles. The Morgan fingerprint density at radius 3 is 2.76 bits per heavy atom. The van der Waals surface area contributed by atoms with E-state index in [1.807, 2.05) is 30.0 Å². The second-order valence-corrected chi connectivity index (χ2v) is 6.14. The summed E-state index contributed by atoms with van der Waals surface area (Å²) in [6, 6.07) is 6.09. The maximum absolute atomic E-state index is 12.9. The molecule has 0 aromatic heterocycles. The minimum atomic E-state index is -0.00750. The van der Waals surface area contributed by atoms with Gasteiger partial charge in [-0.1, -0.05) is 19.1 Å². The summed E-state index contributed by atoms with van der Waals surface area (Å²) in [5.74, 6) is 1.04. The van der Waals surface area contributed by atoms with E-state index in [1.54, 1.807) is 0 Å². The molecular formula is C17H23NO3. The number of hydrogen-bond donors (Lipinski definition) is 1. The highest BCUT2D eigenvalue weighted by molar-refractivity contribution is 5.98. The van der Waals surface area contributed by atoms with Crippen molar-refractivity contribution in [2.75, 3.05) is 13.2 Å². The molecule has 0 saturated heterocycles. The smallest absolute Gasteiger partial charge is 0.257 e. The van der Waals surface area contributed by atoms with Crippen molar-refractivity contribution in [3.05, 3.63) is 29.3 Å². The van der Waals surface area contributed by atoms with E-state index in [1.165, 1.54) is 0 Å². The van der Waals surface area contributed by atoms with Crippen LogP contribution in [0.15, 0.2) is 18.2 Å². The van der Waals surface area contributed by atoms with Gasteiger partial charge >= 0.3 is 0 Å². The fourth-order valence-corrected chi connectivity index (χ4v) is 3.16. The standard InChI is InChI=1S/C17H23NO3/c1-11-12(2)21-16-14(11)7-4-8-15(16)17(20)18(9-10-19)13-5-3-6-13/h4,7-8,11-13,19H,3,5-6,9-10H2,1-2H3. The average Bonchev–Trinajstić information content (AvgIpc) is 2.71. The van der Waals surface area contributed by atoms with Crippen LogP contribution in [0.4, 0.5) is 0 Å². The molecule has 1 amide bonds. The van der Waals surface area contributed by atoms with Crippen molar-refractivity contribution in [2.45, 2.75) is 51.2 Å². The first-order valence-electron chi connectivity index (χ1n) is 7.85. The van der Waals surface area contributed by atoms with Crippen LogP contribution < -0.4 is 4.74 Å². The number of nitrogens with zero attached hydrogens (tertiary/aromatic N) is 1. The van der Waals surface area contributed by atoms with E-state index in [-0.39, 0.29) is 24.7 Å². The molecule has 1 aromatic carbocycles. The molecule has 1 aromatic rings. The Hall–Kier alpha value is -1.55. The van der Waals surface area contributed by atoms with Crippen molar-refractivity contribution < 1.29 is 14.6 Å². The third kappa shape index (κ3) is 2.42. The van der Waals surface area contributed by atoms with E-state index in [4.69, 9.17) is 4.74 Å². The Morgan fingerprint density at radius 2 is 2.14 bits per heavy atom. The number of hydrogen-bond acceptors (Lipinski definition) is 3. The monoisotopic (exact) mass is 289 g/mol. The minimum Gasteiger partial charge on any atom is -0.489 e. The number of para-hydroxylation sites is 1. The van der Waals surface area contributed by atoms with E-state index in [2.05, 4.69) is 6.92 Å². The van der Waals surface area contributed by atoms with E-state index < -0.39 is 0 Å². The SMILES string of the molecule is CC1Oc2c(C(=O)N(CCO)C3CCC3)cccc2C1C. The van der Waals surface area contributed by atoms with Crippen molar-refractivity contribution in [2.24, 2.45) is 0 Å². The quantitative estimate of drug-likeness (QED) is 0.926. The lowest BCUT2D eigenvalue weighted by Gasteiger charge is -2.37. The highest BCUT2D eigenvalue weighted by atomic mass is 16.5. The lowest BCUT2D eigenvalue weighted by molar-refractivity contribution is 0.0521. The molecule has 0 radical (unpaired) electrons. The predicted octanol–water partition coefficient (Wildman–Crippen LogP) is 2.56. The first kappa shape index (κ1) is 14.4. The Bertz CT molecular complexity index is 539. The Balaban J connectivity index is 1.91. The van der Waals surface area contributed by atoms with Gasteiger partial charge in [-0.05, 0) is 32.3 Å². The molecule has 21 heavy (non-hydrogen) atoms. The van der Waals surface area contributed by atoms with Crippen LogP contribution in [0, 0.1) is 0 Å². The number of carbonyl (C=O) groups is 1. The average molecular weight is 289 g/mol. The zero-order chi connectivity index (χ0) is 15.0. The summed E-state index contributed by atoms with van der Waals surface area (Å²) in [6.07, 6.45) is 3.34. The lowest BCUT2D eigenvalue weighted by atomic mass is 9.90. The summed E-state index contributed by atoms with van der Waals surface area (Å²) in [7, 11) is 0. The van der Waals surface area contributed by atoms with Crippen molar-refractivity contribution in [3.63, 3.8) is 0 Å². The zero-order valence-electron chi connectivity index (χ0n) is 12.7.